The highest BCUT2D eigenvalue weighted by molar-refractivity contribution is 6.33. The van der Waals surface area contributed by atoms with Gasteiger partial charge in [-0.3, -0.25) is 0 Å². The van der Waals surface area contributed by atoms with Gasteiger partial charge in [0.15, 0.2) is 0 Å². The Morgan fingerprint density at radius 1 is 1.38 bits per heavy atom. The Balaban J connectivity index is 2.88. The summed E-state index contributed by atoms with van der Waals surface area (Å²) in [6.07, 6.45) is 1.77. The van der Waals surface area contributed by atoms with Crippen molar-refractivity contribution in [3.8, 4) is 0 Å². The van der Waals surface area contributed by atoms with E-state index in [1.807, 2.05) is 13.1 Å². The van der Waals surface area contributed by atoms with Crippen LogP contribution in [0.25, 0.3) is 0 Å². The molecule has 90 valence electrons. The highest BCUT2D eigenvalue weighted by Gasteiger charge is 2.16. The normalized spacial score (nSPS) is 11.6. The summed E-state index contributed by atoms with van der Waals surface area (Å²) in [6, 6.07) is 1.87. The van der Waals surface area contributed by atoms with Crippen molar-refractivity contribution in [3.63, 3.8) is 0 Å². The van der Waals surface area contributed by atoms with Crippen molar-refractivity contribution < 1.29 is 0 Å². The van der Waals surface area contributed by atoms with E-state index < -0.39 is 0 Å². The van der Waals surface area contributed by atoms with E-state index in [-0.39, 0.29) is 5.41 Å². The van der Waals surface area contributed by atoms with Crippen molar-refractivity contribution in [2.75, 3.05) is 18.5 Å². The van der Waals surface area contributed by atoms with Crippen LogP contribution in [0.3, 0.4) is 0 Å². The van der Waals surface area contributed by atoms with Gasteiger partial charge in [0.2, 0.25) is 0 Å². The first-order valence-corrected chi connectivity index (χ1v) is 6.16. The van der Waals surface area contributed by atoms with Crippen molar-refractivity contribution in [2.45, 2.75) is 26.7 Å². The Morgan fingerprint density at radius 2 is 2.00 bits per heavy atom. The van der Waals surface area contributed by atoms with Crippen LogP contribution in [0.15, 0.2) is 12.3 Å². The van der Waals surface area contributed by atoms with Crippen molar-refractivity contribution in [2.24, 2.45) is 5.41 Å². The standard InChI is InChI=1S/C12H18Cl2N2/c1-12(2,3)8-16(4)11-10(14)5-9(6-13)7-15-11/h5,7H,6,8H2,1-4H3. The second-order valence-electron chi connectivity index (χ2n) is 5.20. The molecule has 0 spiro atoms. The monoisotopic (exact) mass is 260 g/mol. The SMILES string of the molecule is CN(CC(C)(C)C)c1ncc(CCl)cc1Cl. The van der Waals surface area contributed by atoms with E-state index in [0.29, 0.717) is 10.9 Å². The van der Waals surface area contributed by atoms with Gasteiger partial charge in [0.1, 0.15) is 5.82 Å². The molecule has 0 aliphatic rings. The van der Waals surface area contributed by atoms with Crippen LogP contribution in [0.4, 0.5) is 5.82 Å². The summed E-state index contributed by atoms with van der Waals surface area (Å²) in [6.45, 7) is 7.46. The van der Waals surface area contributed by atoms with E-state index >= 15 is 0 Å². The van der Waals surface area contributed by atoms with Crippen molar-refractivity contribution in [3.05, 3.63) is 22.8 Å². The Kier molecular flexibility index (Phi) is 4.45. The Hall–Kier alpha value is -0.470. The average Bonchev–Trinajstić information content (AvgIpc) is 2.14. The number of hydrogen-bond donors (Lipinski definition) is 0. The highest BCUT2D eigenvalue weighted by Crippen LogP contribution is 2.26. The van der Waals surface area contributed by atoms with E-state index in [1.165, 1.54) is 0 Å². The molecule has 1 rings (SSSR count). The third kappa shape index (κ3) is 3.84. The third-order valence-corrected chi connectivity index (χ3v) is 2.69. The van der Waals surface area contributed by atoms with Crippen LogP contribution >= 0.6 is 23.2 Å². The molecule has 4 heteroatoms. The molecule has 0 unspecified atom stereocenters. The number of anilines is 1. The summed E-state index contributed by atoms with van der Waals surface area (Å²) >= 11 is 11.9. The molecule has 0 fully saturated rings. The van der Waals surface area contributed by atoms with Gasteiger partial charge in [0, 0.05) is 25.7 Å². The number of alkyl halides is 1. The predicted octanol–water partition coefficient (Wildman–Crippen LogP) is 3.96. The van der Waals surface area contributed by atoms with Crippen LogP contribution in [-0.4, -0.2) is 18.6 Å². The van der Waals surface area contributed by atoms with Gasteiger partial charge in [0.25, 0.3) is 0 Å². The maximum atomic E-state index is 6.17. The third-order valence-electron chi connectivity index (χ3n) is 2.11. The molecule has 0 N–H and O–H groups in total. The minimum atomic E-state index is 0.213. The molecular formula is C12H18Cl2N2. The van der Waals surface area contributed by atoms with Crippen LogP contribution < -0.4 is 4.90 Å². The molecule has 0 aliphatic heterocycles. The number of nitrogens with zero attached hydrogens (tertiary/aromatic N) is 2. The summed E-state index contributed by atoms with van der Waals surface area (Å²) in [5.41, 5.74) is 1.16. The fraction of sp³-hybridized carbons (Fsp3) is 0.583. The molecule has 1 aromatic heterocycles. The maximum absolute atomic E-state index is 6.17. The van der Waals surface area contributed by atoms with Gasteiger partial charge in [-0.25, -0.2) is 4.98 Å². The minimum Gasteiger partial charge on any atom is -0.358 e. The Morgan fingerprint density at radius 3 is 2.44 bits per heavy atom. The average molecular weight is 261 g/mol. The van der Waals surface area contributed by atoms with Gasteiger partial charge in [-0.05, 0) is 17.0 Å². The lowest BCUT2D eigenvalue weighted by Gasteiger charge is -2.28. The van der Waals surface area contributed by atoms with Crippen molar-refractivity contribution >= 4 is 29.0 Å². The summed E-state index contributed by atoms with van der Waals surface area (Å²) in [4.78, 5) is 6.41. The minimum absolute atomic E-state index is 0.213. The molecule has 0 atom stereocenters. The quantitative estimate of drug-likeness (QED) is 0.766. The summed E-state index contributed by atoms with van der Waals surface area (Å²) in [5.74, 6) is 1.25. The van der Waals surface area contributed by atoms with Crippen LogP contribution in [0.2, 0.25) is 5.02 Å². The zero-order chi connectivity index (χ0) is 12.3. The van der Waals surface area contributed by atoms with Gasteiger partial charge in [-0.2, -0.15) is 0 Å². The molecule has 0 bridgehead atoms. The molecule has 0 amide bonds. The number of pyridine rings is 1. The fourth-order valence-electron chi connectivity index (χ4n) is 1.61. The molecule has 0 aliphatic carbocycles. The highest BCUT2D eigenvalue weighted by atomic mass is 35.5. The van der Waals surface area contributed by atoms with Crippen molar-refractivity contribution in [1.29, 1.82) is 0 Å². The number of halogens is 2. The van der Waals surface area contributed by atoms with Crippen LogP contribution in [0.1, 0.15) is 26.3 Å². The van der Waals surface area contributed by atoms with Gasteiger partial charge < -0.3 is 4.90 Å². The van der Waals surface area contributed by atoms with E-state index in [1.54, 1.807) is 6.20 Å². The molecule has 0 saturated heterocycles. The number of rotatable bonds is 3. The van der Waals surface area contributed by atoms with Gasteiger partial charge in [-0.15, -0.1) is 11.6 Å². The molecule has 0 saturated carbocycles. The Bertz CT molecular complexity index is 359. The lowest BCUT2D eigenvalue weighted by molar-refractivity contribution is 0.418. The first-order chi connectivity index (χ1) is 7.33. The molecular weight excluding hydrogens is 243 g/mol. The molecule has 1 aromatic rings. The van der Waals surface area contributed by atoms with Crippen LogP contribution in [0, 0.1) is 5.41 Å². The number of aromatic nitrogens is 1. The lowest BCUT2D eigenvalue weighted by atomic mass is 9.96. The predicted molar refractivity (Wildman–Crippen MR) is 71.5 cm³/mol. The largest absolute Gasteiger partial charge is 0.358 e. The summed E-state index contributed by atoms with van der Waals surface area (Å²) in [7, 11) is 2.00. The first kappa shape index (κ1) is 13.6. The zero-order valence-electron chi connectivity index (χ0n) is 10.2. The van der Waals surface area contributed by atoms with E-state index in [4.69, 9.17) is 23.2 Å². The van der Waals surface area contributed by atoms with Crippen molar-refractivity contribution in [1.82, 2.24) is 4.98 Å². The molecule has 2 nitrogen and oxygen atoms in total. The fourth-order valence-corrected chi connectivity index (χ4v) is 2.09. The van der Waals surface area contributed by atoms with Gasteiger partial charge >= 0.3 is 0 Å². The summed E-state index contributed by atoms with van der Waals surface area (Å²) in [5, 5.41) is 0.657. The summed E-state index contributed by atoms with van der Waals surface area (Å²) < 4.78 is 0. The van der Waals surface area contributed by atoms with Crippen LogP contribution in [-0.2, 0) is 5.88 Å². The molecule has 16 heavy (non-hydrogen) atoms. The molecule has 0 aromatic carbocycles. The van der Waals surface area contributed by atoms with Crippen LogP contribution in [0.5, 0.6) is 0 Å². The molecule has 0 radical (unpaired) electrons. The zero-order valence-corrected chi connectivity index (χ0v) is 11.7. The first-order valence-electron chi connectivity index (χ1n) is 5.25. The van der Waals surface area contributed by atoms with Gasteiger partial charge in [-0.1, -0.05) is 32.4 Å². The second-order valence-corrected chi connectivity index (χ2v) is 5.87. The topological polar surface area (TPSA) is 16.1 Å². The maximum Gasteiger partial charge on any atom is 0.147 e. The van der Waals surface area contributed by atoms with E-state index in [0.717, 1.165) is 17.9 Å². The second kappa shape index (κ2) is 5.24. The van der Waals surface area contributed by atoms with E-state index in [9.17, 15) is 0 Å². The lowest BCUT2D eigenvalue weighted by Crippen LogP contribution is -2.29. The van der Waals surface area contributed by atoms with Gasteiger partial charge in [0.05, 0.1) is 5.02 Å². The molecule has 1 heterocycles. The van der Waals surface area contributed by atoms with E-state index in [2.05, 4.69) is 30.7 Å². The smallest absolute Gasteiger partial charge is 0.147 e. The Labute approximate surface area is 108 Å². The number of hydrogen-bond acceptors (Lipinski definition) is 2.